The van der Waals surface area contributed by atoms with Crippen LogP contribution in [-0.2, 0) is 0 Å². The van der Waals surface area contributed by atoms with Crippen molar-refractivity contribution in [1.82, 2.24) is 0 Å². The molecule has 2 heteroatoms. The Hall–Kier alpha value is -0.840. The SMILES string of the molecule is CN=C(C)CC#N. The zero-order valence-corrected chi connectivity index (χ0v) is 4.60. The Labute approximate surface area is 43.5 Å². The van der Waals surface area contributed by atoms with E-state index in [0.29, 0.717) is 6.42 Å². The highest BCUT2D eigenvalue weighted by molar-refractivity contribution is 5.83. The highest BCUT2D eigenvalue weighted by atomic mass is 14.7. The van der Waals surface area contributed by atoms with E-state index in [-0.39, 0.29) is 0 Å². The summed E-state index contributed by atoms with van der Waals surface area (Å²) < 4.78 is 0. The molecular formula is C5H8N2. The first-order valence-electron chi connectivity index (χ1n) is 2.10. The molecule has 0 saturated heterocycles. The molecule has 0 aromatic rings. The van der Waals surface area contributed by atoms with Crippen molar-refractivity contribution in [2.75, 3.05) is 7.05 Å². The number of nitrogens with zero attached hydrogens (tertiary/aromatic N) is 2. The van der Waals surface area contributed by atoms with Gasteiger partial charge in [-0.1, -0.05) is 0 Å². The van der Waals surface area contributed by atoms with Gasteiger partial charge >= 0.3 is 0 Å². The monoisotopic (exact) mass is 96.1 g/mol. The maximum absolute atomic E-state index is 8.04. The molecule has 0 unspecified atom stereocenters. The van der Waals surface area contributed by atoms with E-state index in [1.165, 1.54) is 0 Å². The van der Waals surface area contributed by atoms with E-state index < -0.39 is 0 Å². The topological polar surface area (TPSA) is 36.1 Å². The molecule has 38 valence electrons. The second kappa shape index (κ2) is 3.35. The zero-order chi connectivity index (χ0) is 5.70. The number of hydrogen-bond acceptors (Lipinski definition) is 2. The molecule has 0 saturated carbocycles. The summed E-state index contributed by atoms with van der Waals surface area (Å²) in [7, 11) is 1.69. The maximum atomic E-state index is 8.04. The average molecular weight is 96.1 g/mol. The molecule has 0 aliphatic carbocycles. The molecule has 0 spiro atoms. The molecule has 0 bridgehead atoms. The molecule has 0 radical (unpaired) electrons. The Morgan fingerprint density at radius 1 is 1.86 bits per heavy atom. The number of aliphatic imine (C=N–C) groups is 1. The second-order valence-electron chi connectivity index (χ2n) is 1.29. The Bertz CT molecular complexity index is 108. The molecule has 2 nitrogen and oxygen atoms in total. The van der Waals surface area contributed by atoms with Crippen LogP contribution in [0.15, 0.2) is 4.99 Å². The molecular weight excluding hydrogens is 88.1 g/mol. The third kappa shape index (κ3) is 2.98. The molecule has 0 aliphatic rings. The van der Waals surface area contributed by atoms with Gasteiger partial charge in [0.2, 0.25) is 0 Å². The van der Waals surface area contributed by atoms with Crippen LogP contribution in [0.25, 0.3) is 0 Å². The van der Waals surface area contributed by atoms with Crippen LogP contribution in [0.3, 0.4) is 0 Å². The first-order chi connectivity index (χ1) is 3.31. The Kier molecular flexibility index (Phi) is 2.95. The van der Waals surface area contributed by atoms with Gasteiger partial charge in [-0.2, -0.15) is 5.26 Å². The van der Waals surface area contributed by atoms with Crippen LogP contribution < -0.4 is 0 Å². The van der Waals surface area contributed by atoms with Crippen molar-refractivity contribution in [2.24, 2.45) is 4.99 Å². The van der Waals surface area contributed by atoms with E-state index in [0.717, 1.165) is 5.71 Å². The molecule has 7 heavy (non-hydrogen) atoms. The highest BCUT2D eigenvalue weighted by Gasteiger charge is 1.81. The van der Waals surface area contributed by atoms with Gasteiger partial charge in [-0.15, -0.1) is 0 Å². The predicted octanol–water partition coefficient (Wildman–Crippen LogP) is 0.991. The lowest BCUT2D eigenvalue weighted by atomic mass is 10.3. The molecule has 0 fully saturated rings. The molecule has 0 atom stereocenters. The van der Waals surface area contributed by atoms with Crippen molar-refractivity contribution in [3.8, 4) is 6.07 Å². The van der Waals surface area contributed by atoms with Gasteiger partial charge in [-0.05, 0) is 6.92 Å². The Morgan fingerprint density at radius 2 is 2.43 bits per heavy atom. The van der Waals surface area contributed by atoms with Crippen molar-refractivity contribution < 1.29 is 0 Å². The third-order valence-electron chi connectivity index (χ3n) is 0.717. The summed E-state index contributed by atoms with van der Waals surface area (Å²) >= 11 is 0. The van der Waals surface area contributed by atoms with Crippen molar-refractivity contribution in [3.05, 3.63) is 0 Å². The lowest BCUT2D eigenvalue weighted by Crippen LogP contribution is -1.85. The molecule has 0 aromatic heterocycles. The second-order valence-corrected chi connectivity index (χ2v) is 1.29. The van der Waals surface area contributed by atoms with Crippen LogP contribution in [0.5, 0.6) is 0 Å². The summed E-state index contributed by atoms with van der Waals surface area (Å²) in [5.74, 6) is 0. The van der Waals surface area contributed by atoms with Crippen LogP contribution in [0.1, 0.15) is 13.3 Å². The van der Waals surface area contributed by atoms with Crippen LogP contribution in [0, 0.1) is 11.3 Å². The Balaban J connectivity index is 3.43. The minimum atomic E-state index is 0.455. The molecule has 0 amide bonds. The van der Waals surface area contributed by atoms with E-state index >= 15 is 0 Å². The van der Waals surface area contributed by atoms with Gasteiger partial charge in [0.15, 0.2) is 0 Å². The minimum Gasteiger partial charge on any atom is -0.297 e. The zero-order valence-electron chi connectivity index (χ0n) is 4.60. The van der Waals surface area contributed by atoms with Gasteiger partial charge in [0.25, 0.3) is 0 Å². The van der Waals surface area contributed by atoms with E-state index in [2.05, 4.69) is 4.99 Å². The van der Waals surface area contributed by atoms with Crippen LogP contribution in [0.4, 0.5) is 0 Å². The van der Waals surface area contributed by atoms with Gasteiger partial charge in [0, 0.05) is 12.8 Å². The van der Waals surface area contributed by atoms with Gasteiger partial charge in [-0.3, -0.25) is 4.99 Å². The molecule has 0 aliphatic heterocycles. The summed E-state index contributed by atoms with van der Waals surface area (Å²) in [6, 6.07) is 1.99. The maximum Gasteiger partial charge on any atom is 0.0728 e. The predicted molar refractivity (Wildman–Crippen MR) is 29.3 cm³/mol. The first-order valence-corrected chi connectivity index (χ1v) is 2.10. The standard InChI is InChI=1S/C5H8N2/c1-5(7-2)3-4-6/h3H2,1-2H3. The molecule has 0 N–H and O–H groups in total. The Morgan fingerprint density at radius 3 is 2.57 bits per heavy atom. The summed E-state index contributed by atoms with van der Waals surface area (Å²) in [6.07, 6.45) is 0.455. The van der Waals surface area contributed by atoms with Crippen molar-refractivity contribution in [2.45, 2.75) is 13.3 Å². The lowest BCUT2D eigenvalue weighted by molar-refractivity contribution is 1.32. The lowest BCUT2D eigenvalue weighted by Gasteiger charge is -1.82. The molecule has 0 rings (SSSR count). The van der Waals surface area contributed by atoms with Crippen molar-refractivity contribution in [3.63, 3.8) is 0 Å². The van der Waals surface area contributed by atoms with E-state index in [1.807, 2.05) is 13.0 Å². The van der Waals surface area contributed by atoms with E-state index in [9.17, 15) is 0 Å². The van der Waals surface area contributed by atoms with Gasteiger partial charge < -0.3 is 0 Å². The highest BCUT2D eigenvalue weighted by Crippen LogP contribution is 1.78. The third-order valence-corrected chi connectivity index (χ3v) is 0.717. The molecule has 0 aromatic carbocycles. The van der Waals surface area contributed by atoms with Crippen LogP contribution in [0.2, 0.25) is 0 Å². The van der Waals surface area contributed by atoms with Crippen LogP contribution in [-0.4, -0.2) is 12.8 Å². The smallest absolute Gasteiger partial charge is 0.0728 e. The normalized spacial score (nSPS) is 10.7. The van der Waals surface area contributed by atoms with Crippen LogP contribution >= 0.6 is 0 Å². The summed E-state index contributed by atoms with van der Waals surface area (Å²) in [4.78, 5) is 3.77. The van der Waals surface area contributed by atoms with Crippen molar-refractivity contribution >= 4 is 5.71 Å². The summed E-state index contributed by atoms with van der Waals surface area (Å²) in [5, 5.41) is 8.04. The fourth-order valence-corrected chi connectivity index (χ4v) is 0.193. The average Bonchev–Trinajstić information content (AvgIpc) is 1.68. The fraction of sp³-hybridized carbons (Fsp3) is 0.600. The number of rotatable bonds is 1. The largest absolute Gasteiger partial charge is 0.297 e. The molecule has 0 heterocycles. The summed E-state index contributed by atoms with van der Waals surface area (Å²) in [6.45, 7) is 1.84. The van der Waals surface area contributed by atoms with E-state index in [4.69, 9.17) is 5.26 Å². The quantitative estimate of drug-likeness (QED) is 0.448. The number of hydrogen-bond donors (Lipinski definition) is 0. The fourth-order valence-electron chi connectivity index (χ4n) is 0.193. The van der Waals surface area contributed by atoms with Gasteiger partial charge in [0.1, 0.15) is 0 Å². The minimum absolute atomic E-state index is 0.455. The summed E-state index contributed by atoms with van der Waals surface area (Å²) in [5.41, 5.74) is 0.891. The van der Waals surface area contributed by atoms with Gasteiger partial charge in [-0.25, -0.2) is 0 Å². The van der Waals surface area contributed by atoms with Gasteiger partial charge in [0.05, 0.1) is 12.5 Å². The van der Waals surface area contributed by atoms with E-state index in [1.54, 1.807) is 7.05 Å². The number of nitriles is 1. The first kappa shape index (κ1) is 6.16. The van der Waals surface area contributed by atoms with Crippen molar-refractivity contribution in [1.29, 1.82) is 5.26 Å².